The Balaban J connectivity index is 1.21. The van der Waals surface area contributed by atoms with Crippen LogP contribution < -0.4 is 20.6 Å². The Bertz CT molecular complexity index is 3840. The molecular formula is C63H55BN2O2. The van der Waals surface area contributed by atoms with Gasteiger partial charge in [0, 0.05) is 55.3 Å². The summed E-state index contributed by atoms with van der Waals surface area (Å²) < 4.78 is 14.3. The van der Waals surface area contributed by atoms with Gasteiger partial charge in [-0.05, 0) is 122 Å². The molecule has 0 bridgehead atoms. The molecule has 0 amide bonds. The lowest BCUT2D eigenvalue weighted by Crippen LogP contribution is -2.63. The van der Waals surface area contributed by atoms with Gasteiger partial charge < -0.3 is 18.5 Å². The Morgan fingerprint density at radius 2 is 1.24 bits per heavy atom. The molecule has 10 aromatic rings. The molecule has 0 spiro atoms. The van der Waals surface area contributed by atoms with Crippen molar-refractivity contribution in [2.45, 2.75) is 96.8 Å². The number of hydrogen-bond donors (Lipinski definition) is 0. The molecule has 4 aliphatic rings. The van der Waals surface area contributed by atoms with Crippen molar-refractivity contribution in [3.8, 4) is 22.3 Å². The smallest absolute Gasteiger partial charge is 0.333 e. The van der Waals surface area contributed by atoms with Crippen LogP contribution in [0.3, 0.4) is 0 Å². The number of fused-ring (bicyclic) bond motifs is 15. The lowest BCUT2D eigenvalue weighted by molar-refractivity contribution is 0.332. The number of rotatable bonds is 2. The molecule has 3 aliphatic heterocycles. The highest BCUT2D eigenvalue weighted by atomic mass is 16.3. The van der Waals surface area contributed by atoms with Gasteiger partial charge in [-0.15, -0.1) is 0 Å². The number of benzene rings is 8. The van der Waals surface area contributed by atoms with Crippen LogP contribution in [0, 0.1) is 0 Å². The Hall–Kier alpha value is -6.98. The Kier molecular flexibility index (Phi) is 7.77. The van der Waals surface area contributed by atoms with E-state index in [4.69, 9.17) is 8.83 Å². The molecule has 1 aliphatic carbocycles. The lowest BCUT2D eigenvalue weighted by atomic mass is 9.42. The first kappa shape index (κ1) is 40.1. The molecule has 0 fully saturated rings. The van der Waals surface area contributed by atoms with Crippen molar-refractivity contribution in [3.05, 3.63) is 173 Å². The summed E-state index contributed by atoms with van der Waals surface area (Å²) in [5.74, 6) is 0. The number of hydrogen-bond acceptors (Lipinski definition) is 4. The average Bonchev–Trinajstić information content (AvgIpc) is 3.90. The van der Waals surface area contributed by atoms with Gasteiger partial charge >= 0.3 is 6.85 Å². The van der Waals surface area contributed by atoms with Crippen molar-refractivity contribution < 1.29 is 8.83 Å². The van der Waals surface area contributed by atoms with Crippen molar-refractivity contribution in [3.63, 3.8) is 0 Å². The minimum atomic E-state index is -0.242. The van der Waals surface area contributed by atoms with Gasteiger partial charge in [0.05, 0.1) is 16.8 Å². The molecule has 0 radical (unpaired) electrons. The zero-order valence-corrected chi connectivity index (χ0v) is 40.6. The molecule has 2 aromatic heterocycles. The maximum Gasteiger partial charge on any atom is 0.333 e. The van der Waals surface area contributed by atoms with Gasteiger partial charge in [0.2, 0.25) is 0 Å². The maximum atomic E-state index is 7.19. The monoisotopic (exact) mass is 882 g/mol. The molecule has 5 heteroatoms. The quantitative estimate of drug-likeness (QED) is 0.162. The van der Waals surface area contributed by atoms with Gasteiger partial charge in [-0.3, -0.25) is 0 Å². The van der Waals surface area contributed by atoms with Crippen LogP contribution in [0.1, 0.15) is 103 Å². The predicted molar refractivity (Wildman–Crippen MR) is 286 cm³/mol. The Morgan fingerprint density at radius 3 is 2.03 bits per heavy atom. The van der Waals surface area contributed by atoms with E-state index in [2.05, 4.69) is 218 Å². The van der Waals surface area contributed by atoms with Crippen LogP contribution >= 0.6 is 0 Å². The van der Waals surface area contributed by atoms with E-state index in [1.807, 2.05) is 0 Å². The van der Waals surface area contributed by atoms with Crippen LogP contribution in [-0.4, -0.2) is 6.85 Å². The van der Waals surface area contributed by atoms with Crippen LogP contribution in [0.15, 0.2) is 154 Å². The fourth-order valence-corrected chi connectivity index (χ4v) is 13.1. The first-order valence-electron chi connectivity index (χ1n) is 24.7. The third-order valence-corrected chi connectivity index (χ3v) is 16.8. The number of furan rings is 2. The minimum absolute atomic E-state index is 0.0175. The summed E-state index contributed by atoms with van der Waals surface area (Å²) in [6.45, 7) is 21.3. The fraction of sp³-hybridized carbons (Fsp3) is 0.238. The number of para-hydroxylation sites is 3. The second-order valence-electron chi connectivity index (χ2n) is 23.1. The summed E-state index contributed by atoms with van der Waals surface area (Å²) in [5, 5.41) is 4.58. The summed E-state index contributed by atoms with van der Waals surface area (Å²) >= 11 is 0. The van der Waals surface area contributed by atoms with Crippen LogP contribution in [0.2, 0.25) is 0 Å². The zero-order chi connectivity index (χ0) is 46.4. The van der Waals surface area contributed by atoms with Crippen LogP contribution in [-0.2, 0) is 21.7 Å². The minimum Gasteiger partial charge on any atom is -0.456 e. The standard InChI is InChI=1S/C63H55BN2O2/c1-60(2,3)37-26-28-48(40(32-37)36-18-11-10-12-19-36)65-50-34-41-38-20-13-16-25-51(38)68-59(41)55-39-21-17-23-44-57(39)66(49-24-15-14-22-43(49)63(44,8)9)64(56(50)55)47-27-29-52-54(58(47)65)42-33-45-46(35-53(42)67-52)62(6,7)31-30-61(45,4)5/h10-29,32-35H,30-31H2,1-9H3. The van der Waals surface area contributed by atoms with Gasteiger partial charge in [0.15, 0.2) is 0 Å². The first-order valence-corrected chi connectivity index (χ1v) is 24.7. The van der Waals surface area contributed by atoms with Crippen molar-refractivity contribution in [2.75, 3.05) is 9.71 Å². The van der Waals surface area contributed by atoms with E-state index in [-0.39, 0.29) is 28.5 Å². The highest BCUT2D eigenvalue weighted by Gasteiger charge is 2.52. The molecule has 4 nitrogen and oxygen atoms in total. The van der Waals surface area contributed by atoms with Crippen molar-refractivity contribution in [1.82, 2.24) is 0 Å². The largest absolute Gasteiger partial charge is 0.456 e. The van der Waals surface area contributed by atoms with Crippen LogP contribution in [0.25, 0.3) is 66.1 Å². The average molecular weight is 883 g/mol. The molecule has 0 atom stereocenters. The molecule has 5 heterocycles. The number of anilines is 5. The summed E-state index contributed by atoms with van der Waals surface area (Å²) in [7, 11) is 0. The predicted octanol–water partition coefficient (Wildman–Crippen LogP) is 16.1. The molecule has 0 unspecified atom stereocenters. The maximum absolute atomic E-state index is 7.19. The highest BCUT2D eigenvalue weighted by Crippen LogP contribution is 2.59. The van der Waals surface area contributed by atoms with Gasteiger partial charge in [0.1, 0.15) is 22.3 Å². The molecule has 68 heavy (non-hydrogen) atoms. The van der Waals surface area contributed by atoms with E-state index >= 15 is 0 Å². The van der Waals surface area contributed by atoms with Gasteiger partial charge in [0.25, 0.3) is 0 Å². The summed E-state index contributed by atoms with van der Waals surface area (Å²) in [6.07, 6.45) is 2.28. The SMILES string of the molecule is CC(C)(C)c1ccc(N2c3cc4c(oc5ccccc54)c4c3B(c3ccc5oc6cc7c(cc6c5c32)C(C)(C)CCC7(C)C)N2c3ccccc3C(C)(C)c3cccc-4c32)c(-c2ccccc2)c1. The Labute approximate surface area is 399 Å². The van der Waals surface area contributed by atoms with E-state index in [0.29, 0.717) is 0 Å². The molecule has 14 rings (SSSR count). The summed E-state index contributed by atoms with van der Waals surface area (Å²) in [4.78, 5) is 5.34. The molecule has 0 saturated heterocycles. The molecule has 332 valence electrons. The zero-order valence-electron chi connectivity index (χ0n) is 40.6. The normalized spacial score (nSPS) is 17.0. The fourth-order valence-electron chi connectivity index (χ4n) is 13.1. The highest BCUT2D eigenvalue weighted by molar-refractivity contribution is 6.94. The van der Waals surface area contributed by atoms with E-state index in [1.54, 1.807) is 0 Å². The van der Waals surface area contributed by atoms with Crippen LogP contribution in [0.5, 0.6) is 0 Å². The van der Waals surface area contributed by atoms with Crippen molar-refractivity contribution >= 4 is 90.1 Å². The van der Waals surface area contributed by atoms with E-state index in [1.165, 1.54) is 83.4 Å². The lowest BCUT2D eigenvalue weighted by Gasteiger charge is -2.51. The van der Waals surface area contributed by atoms with E-state index in [9.17, 15) is 0 Å². The first-order chi connectivity index (χ1) is 32.6. The molecular weight excluding hydrogens is 828 g/mol. The van der Waals surface area contributed by atoms with Crippen molar-refractivity contribution in [2.24, 2.45) is 0 Å². The topological polar surface area (TPSA) is 32.8 Å². The summed E-state index contributed by atoms with van der Waals surface area (Å²) in [6, 6.07) is 55.0. The van der Waals surface area contributed by atoms with Gasteiger partial charge in [-0.25, -0.2) is 0 Å². The molecule has 8 aromatic carbocycles. The molecule has 0 N–H and O–H groups in total. The van der Waals surface area contributed by atoms with E-state index < -0.39 is 0 Å². The second kappa shape index (κ2) is 13.2. The van der Waals surface area contributed by atoms with Gasteiger partial charge in [-0.1, -0.05) is 159 Å². The molecule has 0 saturated carbocycles. The third kappa shape index (κ3) is 5.17. The Morgan fingerprint density at radius 1 is 0.515 bits per heavy atom. The third-order valence-electron chi connectivity index (χ3n) is 16.8. The van der Waals surface area contributed by atoms with Crippen molar-refractivity contribution in [1.29, 1.82) is 0 Å². The van der Waals surface area contributed by atoms with Crippen LogP contribution in [0.4, 0.5) is 28.4 Å². The second-order valence-corrected chi connectivity index (χ2v) is 23.1. The van der Waals surface area contributed by atoms with E-state index in [0.717, 1.165) is 62.7 Å². The number of nitrogens with zero attached hydrogens (tertiary/aromatic N) is 2. The van der Waals surface area contributed by atoms with Gasteiger partial charge in [-0.2, -0.15) is 0 Å². The summed E-state index contributed by atoms with van der Waals surface area (Å²) in [5.41, 5.74) is 23.5.